The summed E-state index contributed by atoms with van der Waals surface area (Å²) >= 11 is 0. The molecule has 2 aliphatic carbocycles. The van der Waals surface area contributed by atoms with Crippen molar-refractivity contribution in [2.24, 2.45) is 0 Å². The first-order valence-electron chi connectivity index (χ1n) is 27.4. The maximum atomic E-state index is 2.46. The van der Waals surface area contributed by atoms with Gasteiger partial charge in [-0.1, -0.05) is 282 Å². The lowest BCUT2D eigenvalue weighted by Gasteiger charge is -2.30. The lowest BCUT2D eigenvalue weighted by Crippen LogP contribution is -2.26. The van der Waals surface area contributed by atoms with Crippen LogP contribution in [0, 0.1) is 0 Å². The smallest absolute Gasteiger partial charge is 0.0725 e. The van der Waals surface area contributed by atoms with Crippen molar-refractivity contribution in [2.45, 2.75) is 5.41 Å². The number of rotatable bonds is 8. The Kier molecular flexibility index (Phi) is 10.7. The third kappa shape index (κ3) is 7.30. The van der Waals surface area contributed by atoms with Crippen LogP contribution in [-0.4, -0.2) is 0 Å². The topological polar surface area (TPSA) is 0 Å². The monoisotopic (exact) mass is 1040 g/mol. The SMILES string of the molecule is C(=Cc1ccc2c(c1)C1(c3ccccc3-c3ccccc31)c1cc(C=Cc3ccc(-c4ccc5c(c4)c4ccccc4p5-c4ccccc4)cc3)ccc1-2)c1ccc(-c2ccc3c(c2)c2ccccc2p3-c2ccccc2)cc1. The molecule has 0 saturated heterocycles. The summed E-state index contributed by atoms with van der Waals surface area (Å²) in [4.78, 5) is 0. The molecule has 0 amide bonds. The van der Waals surface area contributed by atoms with Crippen molar-refractivity contribution >= 4 is 81.4 Å². The molecule has 0 saturated carbocycles. The Hall–Kier alpha value is -9.28. The van der Waals surface area contributed by atoms with Gasteiger partial charge in [-0.3, -0.25) is 0 Å². The summed E-state index contributed by atoms with van der Waals surface area (Å²) in [5, 5.41) is 14.1. The second-order valence-corrected chi connectivity index (χ2v) is 25.5. The van der Waals surface area contributed by atoms with Gasteiger partial charge in [0.05, 0.1) is 5.41 Å². The second-order valence-electron chi connectivity index (χ2n) is 21.2. The van der Waals surface area contributed by atoms with E-state index in [0.29, 0.717) is 0 Å². The molecule has 79 heavy (non-hydrogen) atoms. The molecule has 2 heterocycles. The number of benzene rings is 12. The molecule has 1 spiro atoms. The van der Waals surface area contributed by atoms with Gasteiger partial charge in [0.25, 0.3) is 0 Å². The van der Waals surface area contributed by atoms with Crippen LogP contribution >= 0.6 is 15.1 Å². The van der Waals surface area contributed by atoms with Crippen molar-refractivity contribution in [3.8, 4) is 55.1 Å². The molecule has 0 bridgehead atoms. The molecule has 0 N–H and O–H groups in total. The quantitative estimate of drug-likeness (QED) is 0.133. The molecule has 0 radical (unpaired) electrons. The summed E-state index contributed by atoms with van der Waals surface area (Å²) in [6, 6.07) is 105. The van der Waals surface area contributed by atoms with Crippen LogP contribution in [0.4, 0.5) is 0 Å². The average Bonchev–Trinajstić information content (AvgIpc) is 4.25. The van der Waals surface area contributed by atoms with E-state index in [1.807, 2.05) is 0 Å². The van der Waals surface area contributed by atoms with Gasteiger partial charge >= 0.3 is 0 Å². The van der Waals surface area contributed by atoms with Gasteiger partial charge in [-0.2, -0.15) is 0 Å². The third-order valence-electron chi connectivity index (χ3n) is 16.9. The fourth-order valence-corrected chi connectivity index (χ4v) is 18.6. The van der Waals surface area contributed by atoms with Crippen LogP contribution in [0.1, 0.15) is 44.5 Å². The summed E-state index contributed by atoms with van der Waals surface area (Å²) in [5.74, 6) is 0. The Morgan fingerprint density at radius 1 is 0.228 bits per heavy atom. The molecule has 16 rings (SSSR count). The van der Waals surface area contributed by atoms with E-state index in [4.69, 9.17) is 0 Å². The van der Waals surface area contributed by atoms with Gasteiger partial charge < -0.3 is 0 Å². The highest BCUT2D eigenvalue weighted by Gasteiger charge is 2.51. The predicted octanol–water partition coefficient (Wildman–Crippen LogP) is 22.3. The van der Waals surface area contributed by atoms with Crippen LogP contribution in [-0.2, 0) is 5.41 Å². The van der Waals surface area contributed by atoms with E-state index in [1.54, 1.807) is 0 Å². The van der Waals surface area contributed by atoms with Gasteiger partial charge in [0.1, 0.15) is 0 Å². The molecule has 2 aliphatic rings. The molecule has 0 aliphatic heterocycles. The first-order valence-corrected chi connectivity index (χ1v) is 30.1. The zero-order valence-electron chi connectivity index (χ0n) is 43.3. The highest BCUT2D eigenvalue weighted by Crippen LogP contribution is 2.63. The Balaban J connectivity index is 0.711. The Bertz CT molecular complexity index is 4490. The Labute approximate surface area is 462 Å². The Morgan fingerprint density at radius 3 is 1.03 bits per heavy atom. The van der Waals surface area contributed by atoms with E-state index >= 15 is 0 Å². The van der Waals surface area contributed by atoms with Crippen molar-refractivity contribution in [3.63, 3.8) is 0 Å². The van der Waals surface area contributed by atoms with Gasteiger partial charge in [-0.05, 0) is 158 Å². The van der Waals surface area contributed by atoms with E-state index in [9.17, 15) is 0 Å². The average molecular weight is 1040 g/mol. The molecule has 368 valence electrons. The van der Waals surface area contributed by atoms with Crippen LogP contribution < -0.4 is 0 Å². The van der Waals surface area contributed by atoms with Crippen LogP contribution in [0.25, 0.3) is 121 Å². The molecule has 2 aromatic heterocycles. The van der Waals surface area contributed by atoms with Crippen molar-refractivity contribution in [3.05, 3.63) is 324 Å². The number of fused-ring (bicyclic) bond motifs is 16. The zero-order valence-corrected chi connectivity index (χ0v) is 45.1. The zero-order chi connectivity index (χ0) is 52.0. The van der Waals surface area contributed by atoms with Crippen molar-refractivity contribution in [2.75, 3.05) is 0 Å². The van der Waals surface area contributed by atoms with Gasteiger partial charge in [0.15, 0.2) is 0 Å². The fraction of sp³-hybridized carbons (Fsp3) is 0.0130. The van der Waals surface area contributed by atoms with Gasteiger partial charge in [0, 0.05) is 20.5 Å². The van der Waals surface area contributed by atoms with Gasteiger partial charge in [0.2, 0.25) is 0 Å². The molecule has 12 aromatic carbocycles. The second kappa shape index (κ2) is 18.4. The van der Waals surface area contributed by atoms with E-state index in [2.05, 4.69) is 303 Å². The lowest BCUT2D eigenvalue weighted by atomic mass is 9.70. The molecule has 0 nitrogen and oxygen atoms in total. The van der Waals surface area contributed by atoms with E-state index in [0.717, 1.165) is 0 Å². The summed E-state index contributed by atoms with van der Waals surface area (Å²) in [7, 11) is -1.14. The molecule has 14 aromatic rings. The van der Waals surface area contributed by atoms with Crippen molar-refractivity contribution in [1.29, 1.82) is 0 Å². The van der Waals surface area contributed by atoms with Crippen LogP contribution in [0.3, 0.4) is 0 Å². The summed E-state index contributed by atoms with van der Waals surface area (Å²) < 4.78 is 0. The highest BCUT2D eigenvalue weighted by molar-refractivity contribution is 7.68. The normalized spacial score (nSPS) is 13.5. The number of hydrogen-bond acceptors (Lipinski definition) is 0. The predicted molar refractivity (Wildman–Crippen MR) is 342 cm³/mol. The first-order chi connectivity index (χ1) is 39.2. The minimum absolute atomic E-state index is 0.452. The van der Waals surface area contributed by atoms with E-state index in [1.165, 1.54) is 142 Å². The Morgan fingerprint density at radius 2 is 0.570 bits per heavy atom. The summed E-state index contributed by atoms with van der Waals surface area (Å²) in [5.41, 5.74) is 19.8. The largest absolute Gasteiger partial charge is 0.0772 e. The summed E-state index contributed by atoms with van der Waals surface area (Å²) in [6.45, 7) is 0. The highest BCUT2D eigenvalue weighted by atomic mass is 31.1. The lowest BCUT2D eigenvalue weighted by molar-refractivity contribution is 0.793. The van der Waals surface area contributed by atoms with Gasteiger partial charge in [-0.15, -0.1) is 0 Å². The molecule has 2 unspecified atom stereocenters. The van der Waals surface area contributed by atoms with Gasteiger partial charge in [-0.25, -0.2) is 0 Å². The van der Waals surface area contributed by atoms with Crippen molar-refractivity contribution < 1.29 is 0 Å². The molecule has 2 heteroatoms. The molecule has 2 atom stereocenters. The molecule has 0 fully saturated rings. The van der Waals surface area contributed by atoms with Crippen molar-refractivity contribution in [1.82, 2.24) is 0 Å². The van der Waals surface area contributed by atoms with E-state index < -0.39 is 20.5 Å². The fourth-order valence-electron chi connectivity index (χ4n) is 13.4. The minimum Gasteiger partial charge on any atom is -0.0772 e. The maximum absolute atomic E-state index is 2.46. The molecular formula is C77H50P2. The van der Waals surface area contributed by atoms with Crippen LogP contribution in [0.5, 0.6) is 0 Å². The van der Waals surface area contributed by atoms with Crippen LogP contribution in [0.2, 0.25) is 0 Å². The molecular weight excluding hydrogens is 987 g/mol. The minimum atomic E-state index is -0.572. The first kappa shape index (κ1) is 45.9. The maximum Gasteiger partial charge on any atom is 0.0725 e. The van der Waals surface area contributed by atoms with E-state index in [-0.39, 0.29) is 0 Å². The van der Waals surface area contributed by atoms with Crippen LogP contribution in [0.15, 0.2) is 279 Å². The third-order valence-corrected chi connectivity index (χ3v) is 22.1. The number of hydrogen-bond donors (Lipinski definition) is 0. The summed E-state index contributed by atoms with van der Waals surface area (Å²) in [6.07, 6.45) is 9.12. The standard InChI is InChI=1S/C77H50P2/c1-3-15-59(16-4-1)78-73-25-13-9-21-65(73)67-49-57(41-45-75(67)78)55-37-31-51(32-38-55)27-29-53-35-43-63-64-44-36-54(48-72(64)77(71(63)47-53)69-23-11-7-19-61(69)62-20-8-12-24-70(62)77)30-28-52-33-39-56(40-34-52)58-42-46-76-68(50-58)66-22-10-14-26-74(66)79(76)60-17-5-2-6-18-60/h1-50H.